The highest BCUT2D eigenvalue weighted by Gasteiger charge is 2.44. The molecule has 0 amide bonds. The zero-order chi connectivity index (χ0) is 20.9. The first-order valence-electron chi connectivity index (χ1n) is 9.55. The summed E-state index contributed by atoms with van der Waals surface area (Å²) in [6.45, 7) is 1.19. The van der Waals surface area contributed by atoms with E-state index in [1.807, 2.05) is 18.2 Å². The average Bonchev–Trinajstić information content (AvgIpc) is 3.54. The van der Waals surface area contributed by atoms with Gasteiger partial charge in [-0.15, -0.1) is 0 Å². The summed E-state index contributed by atoms with van der Waals surface area (Å²) in [5.74, 6) is 2.26. The Hall–Kier alpha value is -2.96. The Morgan fingerprint density at radius 3 is 2.38 bits per heavy atom. The van der Waals surface area contributed by atoms with Gasteiger partial charge in [0.15, 0.2) is 17.5 Å². The van der Waals surface area contributed by atoms with Crippen LogP contribution in [0.15, 0.2) is 41.4 Å². The lowest BCUT2D eigenvalue weighted by Crippen LogP contribution is -2.41. The second-order valence-electron chi connectivity index (χ2n) is 7.06. The van der Waals surface area contributed by atoms with Gasteiger partial charge in [0.25, 0.3) is 0 Å². The quantitative estimate of drug-likeness (QED) is 0.525. The number of rotatable bonds is 8. The van der Waals surface area contributed by atoms with Crippen LogP contribution in [0.1, 0.15) is 24.0 Å². The van der Waals surface area contributed by atoms with Gasteiger partial charge in [-0.05, 0) is 42.7 Å². The van der Waals surface area contributed by atoms with E-state index in [0.29, 0.717) is 36.3 Å². The maximum absolute atomic E-state index is 13.6. The van der Waals surface area contributed by atoms with Gasteiger partial charge in [-0.25, -0.2) is 4.39 Å². The lowest BCUT2D eigenvalue weighted by Gasteiger charge is -2.20. The molecule has 0 saturated heterocycles. The molecule has 0 aliphatic heterocycles. The third kappa shape index (κ3) is 4.55. The SMILES string of the molecule is CN=C(NCc1ccc(OC)c(OC)c1OC)NCC1(c2cccc(F)c2)CC1. The number of guanidine groups is 1. The summed E-state index contributed by atoms with van der Waals surface area (Å²) < 4.78 is 29.9. The van der Waals surface area contributed by atoms with Crippen LogP contribution in [0.2, 0.25) is 0 Å². The molecule has 7 heteroatoms. The molecule has 0 unspecified atom stereocenters. The molecule has 0 atom stereocenters. The van der Waals surface area contributed by atoms with Gasteiger partial charge in [-0.3, -0.25) is 4.99 Å². The number of nitrogens with zero attached hydrogens (tertiary/aromatic N) is 1. The second-order valence-corrected chi connectivity index (χ2v) is 7.06. The molecule has 1 fully saturated rings. The van der Waals surface area contributed by atoms with Gasteiger partial charge < -0.3 is 24.8 Å². The number of nitrogens with one attached hydrogen (secondary N) is 2. The Labute approximate surface area is 171 Å². The van der Waals surface area contributed by atoms with E-state index in [0.717, 1.165) is 24.0 Å². The highest BCUT2D eigenvalue weighted by atomic mass is 19.1. The summed E-state index contributed by atoms with van der Waals surface area (Å²) in [4.78, 5) is 4.30. The predicted molar refractivity (Wildman–Crippen MR) is 112 cm³/mol. The highest BCUT2D eigenvalue weighted by molar-refractivity contribution is 5.80. The molecule has 29 heavy (non-hydrogen) atoms. The normalized spacial score (nSPS) is 14.9. The Morgan fingerprint density at radius 1 is 1.03 bits per heavy atom. The number of hydrogen-bond donors (Lipinski definition) is 2. The number of methoxy groups -OCH3 is 3. The summed E-state index contributed by atoms with van der Waals surface area (Å²) in [5.41, 5.74) is 1.92. The van der Waals surface area contributed by atoms with Crippen molar-refractivity contribution in [1.82, 2.24) is 10.6 Å². The number of benzene rings is 2. The van der Waals surface area contributed by atoms with Crippen molar-refractivity contribution in [1.29, 1.82) is 0 Å². The summed E-state index contributed by atoms with van der Waals surface area (Å²) in [5, 5.41) is 6.67. The Kier molecular flexibility index (Phi) is 6.46. The van der Waals surface area contributed by atoms with Gasteiger partial charge in [0.05, 0.1) is 21.3 Å². The molecule has 156 valence electrons. The van der Waals surface area contributed by atoms with Crippen molar-refractivity contribution >= 4 is 5.96 Å². The van der Waals surface area contributed by atoms with Crippen molar-refractivity contribution in [3.63, 3.8) is 0 Å². The minimum atomic E-state index is -0.197. The Morgan fingerprint density at radius 2 is 1.79 bits per heavy atom. The van der Waals surface area contributed by atoms with Gasteiger partial charge in [-0.2, -0.15) is 0 Å². The van der Waals surface area contributed by atoms with Gasteiger partial charge in [0.2, 0.25) is 5.75 Å². The van der Waals surface area contributed by atoms with Crippen LogP contribution in [0.3, 0.4) is 0 Å². The van der Waals surface area contributed by atoms with Crippen LogP contribution in [-0.2, 0) is 12.0 Å². The van der Waals surface area contributed by atoms with Crippen molar-refractivity contribution in [2.24, 2.45) is 4.99 Å². The largest absolute Gasteiger partial charge is 0.493 e. The molecular formula is C22H28FN3O3. The van der Waals surface area contributed by atoms with Crippen LogP contribution in [0, 0.1) is 5.82 Å². The number of hydrogen-bond acceptors (Lipinski definition) is 4. The summed E-state index contributed by atoms with van der Waals surface area (Å²) >= 11 is 0. The van der Waals surface area contributed by atoms with E-state index in [-0.39, 0.29) is 11.2 Å². The smallest absolute Gasteiger partial charge is 0.203 e. The van der Waals surface area contributed by atoms with Crippen LogP contribution < -0.4 is 24.8 Å². The fraction of sp³-hybridized carbons (Fsp3) is 0.409. The molecular weight excluding hydrogens is 373 g/mol. The maximum Gasteiger partial charge on any atom is 0.203 e. The van der Waals surface area contributed by atoms with E-state index >= 15 is 0 Å². The fourth-order valence-corrected chi connectivity index (χ4v) is 3.49. The van der Waals surface area contributed by atoms with Gasteiger partial charge in [0, 0.05) is 31.1 Å². The van der Waals surface area contributed by atoms with E-state index < -0.39 is 0 Å². The molecule has 2 aromatic carbocycles. The monoisotopic (exact) mass is 401 g/mol. The summed E-state index contributed by atoms with van der Waals surface area (Å²) in [6, 6.07) is 10.6. The first-order valence-corrected chi connectivity index (χ1v) is 9.55. The molecule has 0 heterocycles. The van der Waals surface area contributed by atoms with Crippen molar-refractivity contribution in [3.05, 3.63) is 53.3 Å². The van der Waals surface area contributed by atoms with E-state index in [4.69, 9.17) is 14.2 Å². The zero-order valence-corrected chi connectivity index (χ0v) is 17.3. The predicted octanol–water partition coefficient (Wildman–Crippen LogP) is 3.25. The number of aliphatic imine (C=N–C) groups is 1. The van der Waals surface area contributed by atoms with E-state index in [2.05, 4.69) is 15.6 Å². The van der Waals surface area contributed by atoms with Crippen LogP contribution in [0.4, 0.5) is 4.39 Å². The van der Waals surface area contributed by atoms with E-state index in [1.165, 1.54) is 6.07 Å². The minimum Gasteiger partial charge on any atom is -0.493 e. The molecule has 0 bridgehead atoms. The first-order chi connectivity index (χ1) is 14.1. The van der Waals surface area contributed by atoms with Crippen LogP contribution in [-0.4, -0.2) is 40.9 Å². The van der Waals surface area contributed by atoms with E-state index in [1.54, 1.807) is 40.5 Å². The third-order valence-electron chi connectivity index (χ3n) is 5.34. The topological polar surface area (TPSA) is 64.1 Å². The fourth-order valence-electron chi connectivity index (χ4n) is 3.49. The second kappa shape index (κ2) is 9.03. The van der Waals surface area contributed by atoms with Crippen molar-refractivity contribution in [2.75, 3.05) is 34.9 Å². The number of halogens is 1. The average molecular weight is 401 g/mol. The molecule has 0 radical (unpaired) electrons. The molecule has 2 aromatic rings. The van der Waals surface area contributed by atoms with Crippen molar-refractivity contribution < 1.29 is 18.6 Å². The van der Waals surface area contributed by atoms with Crippen LogP contribution in [0.5, 0.6) is 17.2 Å². The highest BCUT2D eigenvalue weighted by Crippen LogP contribution is 2.47. The molecule has 1 saturated carbocycles. The van der Waals surface area contributed by atoms with Gasteiger partial charge in [-0.1, -0.05) is 12.1 Å². The molecule has 2 N–H and O–H groups in total. The molecule has 0 aromatic heterocycles. The zero-order valence-electron chi connectivity index (χ0n) is 17.3. The molecule has 0 spiro atoms. The summed E-state index contributed by atoms with van der Waals surface area (Å²) in [7, 11) is 6.50. The summed E-state index contributed by atoms with van der Waals surface area (Å²) in [6.07, 6.45) is 2.06. The molecule has 3 rings (SSSR count). The standard InChI is InChI=1S/C22H28FN3O3/c1-24-21(26-14-22(10-11-22)16-6-5-7-17(23)12-16)25-13-15-8-9-18(27-2)20(29-4)19(15)28-3/h5-9,12H,10-11,13-14H2,1-4H3,(H2,24,25,26). The Bertz CT molecular complexity index is 882. The minimum absolute atomic E-state index is 0.0270. The maximum atomic E-state index is 13.6. The van der Waals surface area contributed by atoms with Gasteiger partial charge >= 0.3 is 0 Å². The van der Waals surface area contributed by atoms with Gasteiger partial charge in [0.1, 0.15) is 5.82 Å². The lowest BCUT2D eigenvalue weighted by molar-refractivity contribution is 0.322. The van der Waals surface area contributed by atoms with Crippen LogP contribution in [0.25, 0.3) is 0 Å². The lowest BCUT2D eigenvalue weighted by atomic mass is 9.96. The van der Waals surface area contributed by atoms with Crippen molar-refractivity contribution in [2.45, 2.75) is 24.8 Å². The third-order valence-corrected chi connectivity index (χ3v) is 5.34. The van der Waals surface area contributed by atoms with Crippen LogP contribution >= 0.6 is 0 Å². The molecule has 6 nitrogen and oxygen atoms in total. The Balaban J connectivity index is 1.65. The molecule has 1 aliphatic carbocycles. The molecule has 1 aliphatic rings. The van der Waals surface area contributed by atoms with E-state index in [9.17, 15) is 4.39 Å². The first kappa shape index (κ1) is 20.8. The number of ether oxygens (including phenoxy) is 3. The van der Waals surface area contributed by atoms with Crippen molar-refractivity contribution in [3.8, 4) is 17.2 Å².